The second-order valence-electron chi connectivity index (χ2n) is 4.54. The van der Waals surface area contributed by atoms with Gasteiger partial charge < -0.3 is 15.4 Å². The maximum absolute atomic E-state index is 6.14. The molecule has 0 aliphatic rings. The molecule has 0 unspecified atom stereocenters. The Morgan fingerprint density at radius 1 is 1.14 bits per heavy atom. The van der Waals surface area contributed by atoms with E-state index in [0.717, 1.165) is 16.1 Å². The number of nitrogens with zero attached hydrogens (tertiary/aromatic N) is 2. The van der Waals surface area contributed by atoms with Gasteiger partial charge in [0, 0.05) is 36.9 Å². The molecule has 1 heterocycles. The van der Waals surface area contributed by atoms with E-state index in [4.69, 9.17) is 16.3 Å². The minimum atomic E-state index is 0.569. The summed E-state index contributed by atoms with van der Waals surface area (Å²) in [5.41, 5.74) is 1.98. The number of hydrogen-bond donors (Lipinski definition) is 2. The molecule has 0 bridgehead atoms. The van der Waals surface area contributed by atoms with Gasteiger partial charge >= 0.3 is 0 Å². The van der Waals surface area contributed by atoms with E-state index >= 15 is 0 Å². The Morgan fingerprint density at radius 3 is 2.50 bits per heavy atom. The van der Waals surface area contributed by atoms with E-state index in [1.165, 1.54) is 0 Å². The van der Waals surface area contributed by atoms with Crippen molar-refractivity contribution in [1.29, 1.82) is 0 Å². The molecule has 2 aromatic rings. The van der Waals surface area contributed by atoms with E-state index in [9.17, 15) is 0 Å². The number of benzene rings is 1. The zero-order valence-electron chi connectivity index (χ0n) is 12.6. The van der Waals surface area contributed by atoms with Gasteiger partial charge in [0.15, 0.2) is 5.96 Å². The van der Waals surface area contributed by atoms with Gasteiger partial charge in [-0.25, -0.2) is 4.98 Å². The van der Waals surface area contributed by atoms with Gasteiger partial charge in [-0.15, -0.1) is 0 Å². The van der Waals surface area contributed by atoms with Crippen LogP contribution >= 0.6 is 11.6 Å². The van der Waals surface area contributed by atoms with Crippen LogP contribution < -0.4 is 15.4 Å². The Morgan fingerprint density at radius 2 is 1.82 bits per heavy atom. The van der Waals surface area contributed by atoms with Crippen molar-refractivity contribution in [1.82, 2.24) is 15.6 Å². The summed E-state index contributed by atoms with van der Waals surface area (Å²) in [5.74, 6) is 1.29. The molecule has 22 heavy (non-hydrogen) atoms. The lowest BCUT2D eigenvalue weighted by molar-refractivity contribution is 0.392. The number of guanidine groups is 1. The summed E-state index contributed by atoms with van der Waals surface area (Å²) in [7, 11) is 3.33. The Labute approximate surface area is 135 Å². The fourth-order valence-electron chi connectivity index (χ4n) is 1.96. The van der Waals surface area contributed by atoms with Crippen LogP contribution in [0.2, 0.25) is 5.02 Å². The van der Waals surface area contributed by atoms with Crippen LogP contribution in [-0.4, -0.2) is 25.1 Å². The van der Waals surface area contributed by atoms with Crippen molar-refractivity contribution in [2.24, 2.45) is 4.99 Å². The first-order valence-electron chi connectivity index (χ1n) is 6.90. The molecule has 1 aromatic heterocycles. The number of hydrogen-bond acceptors (Lipinski definition) is 3. The minimum Gasteiger partial charge on any atom is -0.481 e. The van der Waals surface area contributed by atoms with Gasteiger partial charge in [-0.3, -0.25) is 4.99 Å². The number of ether oxygens (including phenoxy) is 1. The molecule has 116 valence electrons. The summed E-state index contributed by atoms with van der Waals surface area (Å²) < 4.78 is 5.23. The lowest BCUT2D eigenvalue weighted by Gasteiger charge is -2.13. The van der Waals surface area contributed by atoms with Gasteiger partial charge in [-0.2, -0.15) is 0 Å². The van der Waals surface area contributed by atoms with Crippen LogP contribution in [0, 0.1) is 0 Å². The fourth-order valence-corrected chi connectivity index (χ4v) is 2.17. The molecule has 0 aliphatic heterocycles. The Hall–Kier alpha value is -2.27. The van der Waals surface area contributed by atoms with Gasteiger partial charge in [0.05, 0.1) is 7.11 Å². The van der Waals surface area contributed by atoms with Crippen LogP contribution in [0.1, 0.15) is 11.1 Å². The normalized spacial score (nSPS) is 11.1. The maximum Gasteiger partial charge on any atom is 0.218 e. The van der Waals surface area contributed by atoms with E-state index in [1.54, 1.807) is 20.4 Å². The molecule has 0 aliphatic carbocycles. The van der Waals surface area contributed by atoms with Gasteiger partial charge in [-0.05, 0) is 17.7 Å². The number of nitrogens with one attached hydrogen (secondary N) is 2. The average Bonchev–Trinajstić information content (AvgIpc) is 2.56. The van der Waals surface area contributed by atoms with Crippen molar-refractivity contribution in [3.05, 3.63) is 58.7 Å². The van der Waals surface area contributed by atoms with Crippen LogP contribution in [0.5, 0.6) is 5.88 Å². The van der Waals surface area contributed by atoms with Crippen LogP contribution in [0.25, 0.3) is 0 Å². The molecule has 0 saturated heterocycles. The van der Waals surface area contributed by atoms with E-state index in [2.05, 4.69) is 20.6 Å². The molecule has 0 atom stereocenters. The third kappa shape index (κ3) is 4.36. The maximum atomic E-state index is 6.14. The largest absolute Gasteiger partial charge is 0.481 e. The van der Waals surface area contributed by atoms with Gasteiger partial charge in [0.1, 0.15) is 0 Å². The third-order valence-corrected chi connectivity index (χ3v) is 3.49. The fraction of sp³-hybridized carbons (Fsp3) is 0.250. The Kier molecular flexibility index (Phi) is 6.03. The van der Waals surface area contributed by atoms with Crippen LogP contribution in [-0.2, 0) is 13.1 Å². The number of halogens is 1. The monoisotopic (exact) mass is 318 g/mol. The topological polar surface area (TPSA) is 58.5 Å². The van der Waals surface area contributed by atoms with Crippen molar-refractivity contribution in [2.45, 2.75) is 13.1 Å². The Balaban J connectivity index is 1.92. The second-order valence-corrected chi connectivity index (χ2v) is 4.95. The van der Waals surface area contributed by atoms with E-state index in [0.29, 0.717) is 24.9 Å². The molecule has 2 N–H and O–H groups in total. The minimum absolute atomic E-state index is 0.569. The van der Waals surface area contributed by atoms with Crippen LogP contribution in [0.15, 0.2) is 47.6 Å². The zero-order chi connectivity index (χ0) is 15.8. The first-order valence-corrected chi connectivity index (χ1v) is 7.28. The SMILES string of the molecule is CN=C(NCc1ccccc1Cl)NCc1cccnc1OC. The lowest BCUT2D eigenvalue weighted by atomic mass is 10.2. The third-order valence-electron chi connectivity index (χ3n) is 3.12. The highest BCUT2D eigenvalue weighted by Crippen LogP contribution is 2.14. The molecular weight excluding hydrogens is 300 g/mol. The molecule has 0 spiro atoms. The highest BCUT2D eigenvalue weighted by molar-refractivity contribution is 6.31. The van der Waals surface area contributed by atoms with Gasteiger partial charge in [0.25, 0.3) is 0 Å². The van der Waals surface area contributed by atoms with Crippen molar-refractivity contribution >= 4 is 17.6 Å². The number of pyridine rings is 1. The van der Waals surface area contributed by atoms with E-state index in [-0.39, 0.29) is 0 Å². The van der Waals surface area contributed by atoms with Crippen molar-refractivity contribution < 1.29 is 4.74 Å². The predicted molar refractivity (Wildman–Crippen MR) is 89.3 cm³/mol. The summed E-state index contributed by atoms with van der Waals surface area (Å²) in [6.45, 7) is 1.17. The molecule has 0 fully saturated rings. The second kappa shape index (κ2) is 8.24. The molecule has 5 nitrogen and oxygen atoms in total. The van der Waals surface area contributed by atoms with E-state index < -0.39 is 0 Å². The number of aromatic nitrogens is 1. The van der Waals surface area contributed by atoms with Crippen molar-refractivity contribution in [3.8, 4) is 5.88 Å². The lowest BCUT2D eigenvalue weighted by Crippen LogP contribution is -2.36. The molecule has 6 heteroatoms. The number of rotatable bonds is 5. The van der Waals surface area contributed by atoms with Gasteiger partial charge in [0.2, 0.25) is 5.88 Å². The first kappa shape index (κ1) is 16.1. The zero-order valence-corrected chi connectivity index (χ0v) is 13.4. The highest BCUT2D eigenvalue weighted by atomic mass is 35.5. The van der Waals surface area contributed by atoms with Crippen LogP contribution in [0.4, 0.5) is 0 Å². The smallest absolute Gasteiger partial charge is 0.218 e. The van der Waals surface area contributed by atoms with Crippen molar-refractivity contribution in [3.63, 3.8) is 0 Å². The molecule has 0 saturated carbocycles. The molecule has 0 amide bonds. The van der Waals surface area contributed by atoms with Crippen molar-refractivity contribution in [2.75, 3.05) is 14.2 Å². The predicted octanol–water partition coefficient (Wildman–Crippen LogP) is 2.61. The number of aliphatic imine (C=N–C) groups is 1. The van der Waals surface area contributed by atoms with Crippen LogP contribution in [0.3, 0.4) is 0 Å². The highest BCUT2D eigenvalue weighted by Gasteiger charge is 2.05. The number of methoxy groups -OCH3 is 1. The van der Waals surface area contributed by atoms with Gasteiger partial charge in [-0.1, -0.05) is 35.9 Å². The summed E-state index contributed by atoms with van der Waals surface area (Å²) in [6.07, 6.45) is 1.70. The Bertz CT molecular complexity index is 646. The molecule has 0 radical (unpaired) electrons. The average molecular weight is 319 g/mol. The summed E-state index contributed by atoms with van der Waals surface area (Å²) >= 11 is 6.14. The van der Waals surface area contributed by atoms with E-state index in [1.807, 2.05) is 36.4 Å². The molecular formula is C16H19ClN4O. The summed E-state index contributed by atoms with van der Waals surface area (Å²) in [6, 6.07) is 11.6. The quantitative estimate of drug-likeness (QED) is 0.657. The standard InChI is InChI=1S/C16H19ClN4O/c1-18-16(20-10-12-6-3-4-8-14(12)17)21-11-13-7-5-9-19-15(13)22-2/h3-9H,10-11H2,1-2H3,(H2,18,20,21). The first-order chi connectivity index (χ1) is 10.7. The molecule has 1 aromatic carbocycles. The summed E-state index contributed by atoms with van der Waals surface area (Å²) in [5, 5.41) is 7.19. The summed E-state index contributed by atoms with van der Waals surface area (Å²) in [4.78, 5) is 8.36. The molecule has 2 rings (SSSR count).